The van der Waals surface area contributed by atoms with Crippen molar-refractivity contribution in [1.29, 1.82) is 0 Å². The monoisotopic (exact) mass is 336 g/mol. The lowest BCUT2D eigenvalue weighted by atomic mass is 9.97. The Morgan fingerprint density at radius 1 is 1.45 bits per heavy atom. The largest absolute Gasteiger partial charge is 0.496 e. The lowest BCUT2D eigenvalue weighted by molar-refractivity contribution is 0.0940. The van der Waals surface area contributed by atoms with Crippen LogP contribution >= 0.6 is 15.9 Å². The van der Waals surface area contributed by atoms with Crippen molar-refractivity contribution in [2.24, 2.45) is 0 Å². The van der Waals surface area contributed by atoms with Crippen LogP contribution in [0.3, 0.4) is 0 Å². The predicted molar refractivity (Wildman–Crippen MR) is 79.0 cm³/mol. The van der Waals surface area contributed by atoms with E-state index in [0.29, 0.717) is 30.0 Å². The van der Waals surface area contributed by atoms with Crippen LogP contribution in [0, 0.1) is 0 Å². The number of benzene rings is 1. The Morgan fingerprint density at radius 2 is 2.25 bits per heavy atom. The van der Waals surface area contributed by atoms with Gasteiger partial charge in [-0.2, -0.15) is 0 Å². The van der Waals surface area contributed by atoms with Gasteiger partial charge in [0.25, 0.3) is 5.91 Å². The number of halogens is 1. The molecular weight excluding hydrogens is 324 g/mol. The minimum atomic E-state index is -0.126. The highest BCUT2D eigenvalue weighted by atomic mass is 79.9. The zero-order valence-electron chi connectivity index (χ0n) is 10.9. The Morgan fingerprint density at radius 3 is 2.95 bits per heavy atom. The van der Waals surface area contributed by atoms with Gasteiger partial charge in [0.05, 0.1) is 18.0 Å². The summed E-state index contributed by atoms with van der Waals surface area (Å²) in [6.45, 7) is 0.581. The molecule has 0 bridgehead atoms. The average Bonchev–Trinajstić information content (AvgIpc) is 2.85. The number of fused-ring (bicyclic) bond motifs is 3. The van der Waals surface area contributed by atoms with Gasteiger partial charge in [0.2, 0.25) is 0 Å². The molecule has 2 aromatic rings. The third-order valence-corrected chi connectivity index (χ3v) is 4.05. The first-order chi connectivity index (χ1) is 9.67. The molecule has 1 aromatic heterocycles. The highest BCUT2D eigenvalue weighted by molar-refractivity contribution is 9.09. The molecule has 2 heterocycles. The summed E-state index contributed by atoms with van der Waals surface area (Å²) in [4.78, 5) is 27.2. The number of rotatable bonds is 3. The molecule has 0 atom stereocenters. The fourth-order valence-electron chi connectivity index (χ4n) is 2.68. The van der Waals surface area contributed by atoms with E-state index in [2.05, 4.69) is 26.2 Å². The van der Waals surface area contributed by atoms with E-state index in [1.807, 2.05) is 6.07 Å². The number of Topliss-reactive ketones (excluding diaryl/α,β-unsaturated/α-hetero) is 1. The van der Waals surface area contributed by atoms with Crippen LogP contribution in [0.1, 0.15) is 26.4 Å². The zero-order chi connectivity index (χ0) is 14.3. The molecule has 6 heteroatoms. The Labute approximate surface area is 123 Å². The molecule has 5 nitrogen and oxygen atoms in total. The van der Waals surface area contributed by atoms with Crippen molar-refractivity contribution < 1.29 is 14.3 Å². The first-order valence-corrected chi connectivity index (χ1v) is 7.38. The molecule has 20 heavy (non-hydrogen) atoms. The van der Waals surface area contributed by atoms with Crippen molar-refractivity contribution in [2.75, 3.05) is 19.0 Å². The SMILES string of the molecule is COc1ccc2[nH]c3c(c2c1C(=O)CBr)CCNC3=O. The molecule has 104 valence electrons. The van der Waals surface area contributed by atoms with Gasteiger partial charge in [0.1, 0.15) is 11.4 Å². The number of hydrogen-bond donors (Lipinski definition) is 2. The Hall–Kier alpha value is -1.82. The summed E-state index contributed by atoms with van der Waals surface area (Å²) in [7, 11) is 1.54. The molecule has 0 fully saturated rings. The molecule has 1 aromatic carbocycles. The number of alkyl halides is 1. The van der Waals surface area contributed by atoms with Gasteiger partial charge < -0.3 is 15.0 Å². The molecule has 1 aliphatic heterocycles. The van der Waals surface area contributed by atoms with E-state index in [4.69, 9.17) is 4.74 Å². The number of carbonyl (C=O) groups is 2. The van der Waals surface area contributed by atoms with Crippen molar-refractivity contribution >= 4 is 38.5 Å². The average molecular weight is 337 g/mol. The second kappa shape index (κ2) is 4.94. The highest BCUT2D eigenvalue weighted by Crippen LogP contribution is 2.34. The highest BCUT2D eigenvalue weighted by Gasteiger charge is 2.26. The molecule has 3 rings (SSSR count). The van der Waals surface area contributed by atoms with E-state index in [0.717, 1.165) is 16.5 Å². The maximum Gasteiger partial charge on any atom is 0.268 e. The van der Waals surface area contributed by atoms with Gasteiger partial charge in [0.15, 0.2) is 5.78 Å². The smallest absolute Gasteiger partial charge is 0.268 e. The summed E-state index contributed by atoms with van der Waals surface area (Å²) in [6.07, 6.45) is 0.705. The number of amides is 1. The third kappa shape index (κ3) is 1.83. The minimum Gasteiger partial charge on any atom is -0.496 e. The van der Waals surface area contributed by atoms with Crippen molar-refractivity contribution in [1.82, 2.24) is 10.3 Å². The van der Waals surface area contributed by atoms with Crippen LogP contribution < -0.4 is 10.1 Å². The van der Waals surface area contributed by atoms with Gasteiger partial charge in [-0.05, 0) is 24.1 Å². The van der Waals surface area contributed by atoms with Crippen LogP contribution in [0.25, 0.3) is 10.9 Å². The molecule has 0 unspecified atom stereocenters. The summed E-state index contributed by atoms with van der Waals surface area (Å²) in [5.41, 5.74) is 2.77. The van der Waals surface area contributed by atoms with Gasteiger partial charge in [-0.1, -0.05) is 15.9 Å². The lowest BCUT2D eigenvalue weighted by Gasteiger charge is -2.14. The van der Waals surface area contributed by atoms with Crippen molar-refractivity contribution in [3.63, 3.8) is 0 Å². The Kier molecular flexibility index (Phi) is 3.25. The summed E-state index contributed by atoms with van der Waals surface area (Å²) in [5, 5.41) is 3.82. The molecule has 1 aliphatic rings. The van der Waals surface area contributed by atoms with E-state index in [-0.39, 0.29) is 17.0 Å². The van der Waals surface area contributed by atoms with E-state index in [1.54, 1.807) is 6.07 Å². The summed E-state index contributed by atoms with van der Waals surface area (Å²) in [6, 6.07) is 3.59. The van der Waals surface area contributed by atoms with E-state index < -0.39 is 0 Å². The zero-order valence-corrected chi connectivity index (χ0v) is 12.5. The molecule has 1 amide bonds. The fourth-order valence-corrected chi connectivity index (χ4v) is 2.96. The second-order valence-electron chi connectivity index (χ2n) is 4.61. The molecule has 0 saturated carbocycles. The number of ether oxygens (including phenoxy) is 1. The quantitative estimate of drug-likeness (QED) is 0.665. The number of ketones is 1. The molecule has 0 spiro atoms. The van der Waals surface area contributed by atoms with Gasteiger partial charge in [-0.25, -0.2) is 0 Å². The lowest BCUT2D eigenvalue weighted by Crippen LogP contribution is -2.31. The number of carbonyl (C=O) groups excluding carboxylic acids is 2. The topological polar surface area (TPSA) is 71.2 Å². The normalized spacial score (nSPS) is 14.0. The Balaban J connectivity index is 2.38. The fraction of sp³-hybridized carbons (Fsp3) is 0.286. The molecule has 0 aliphatic carbocycles. The summed E-state index contributed by atoms with van der Waals surface area (Å²) in [5.74, 6) is 0.355. The van der Waals surface area contributed by atoms with Gasteiger partial charge in [0, 0.05) is 17.4 Å². The van der Waals surface area contributed by atoms with E-state index in [1.165, 1.54) is 7.11 Å². The molecular formula is C14H13BrN2O3. The van der Waals surface area contributed by atoms with Crippen LogP contribution in [0.4, 0.5) is 0 Å². The second-order valence-corrected chi connectivity index (χ2v) is 5.17. The summed E-state index contributed by atoms with van der Waals surface area (Å²) >= 11 is 3.20. The minimum absolute atomic E-state index is 0.0553. The van der Waals surface area contributed by atoms with Crippen molar-refractivity contribution in [3.8, 4) is 5.75 Å². The Bertz CT molecular complexity index is 721. The standard InChI is InChI=1S/C14H13BrN2O3/c1-20-10-3-2-8-11(12(10)9(18)6-15)7-4-5-16-14(19)13(7)17-8/h2-3,17H,4-6H2,1H3,(H,16,19). The first-order valence-electron chi connectivity index (χ1n) is 6.26. The van der Waals surface area contributed by atoms with E-state index in [9.17, 15) is 9.59 Å². The maximum atomic E-state index is 12.2. The van der Waals surface area contributed by atoms with E-state index >= 15 is 0 Å². The molecule has 2 N–H and O–H groups in total. The predicted octanol–water partition coefficient (Wildman–Crippen LogP) is 2.04. The summed E-state index contributed by atoms with van der Waals surface area (Å²) < 4.78 is 5.31. The molecule has 0 saturated heterocycles. The first kappa shape index (κ1) is 13.2. The third-order valence-electron chi connectivity index (χ3n) is 3.54. The number of hydrogen-bond acceptors (Lipinski definition) is 3. The number of H-pyrrole nitrogens is 1. The van der Waals surface area contributed by atoms with Crippen molar-refractivity contribution in [2.45, 2.75) is 6.42 Å². The van der Waals surface area contributed by atoms with Gasteiger partial charge in [-0.3, -0.25) is 9.59 Å². The van der Waals surface area contributed by atoms with Crippen LogP contribution in [0.5, 0.6) is 5.75 Å². The van der Waals surface area contributed by atoms with Crippen LogP contribution in [-0.4, -0.2) is 35.7 Å². The van der Waals surface area contributed by atoms with Crippen LogP contribution in [0.15, 0.2) is 12.1 Å². The number of aromatic nitrogens is 1. The number of methoxy groups -OCH3 is 1. The van der Waals surface area contributed by atoms with Crippen LogP contribution in [0.2, 0.25) is 0 Å². The molecule has 0 radical (unpaired) electrons. The number of aromatic amines is 1. The van der Waals surface area contributed by atoms with Crippen molar-refractivity contribution in [3.05, 3.63) is 29.0 Å². The van der Waals surface area contributed by atoms with Crippen LogP contribution in [-0.2, 0) is 6.42 Å². The van der Waals surface area contributed by atoms with Gasteiger partial charge in [-0.15, -0.1) is 0 Å². The van der Waals surface area contributed by atoms with Gasteiger partial charge >= 0.3 is 0 Å². The number of nitrogens with one attached hydrogen (secondary N) is 2. The maximum absolute atomic E-state index is 12.2.